The molecule has 1 aliphatic carbocycles. The van der Waals surface area contributed by atoms with Crippen LogP contribution >= 0.6 is 0 Å². The summed E-state index contributed by atoms with van der Waals surface area (Å²) in [6, 6.07) is 2.82. The van der Waals surface area contributed by atoms with Crippen molar-refractivity contribution in [3.63, 3.8) is 0 Å². The zero-order valence-corrected chi connectivity index (χ0v) is 11.8. The van der Waals surface area contributed by atoms with E-state index in [-0.39, 0.29) is 0 Å². The fraction of sp³-hybridized carbons (Fsp3) is 0.643. The molecule has 0 spiro atoms. The van der Waals surface area contributed by atoms with Gasteiger partial charge in [0.25, 0.3) is 0 Å². The zero-order valence-electron chi connectivity index (χ0n) is 11.8. The van der Waals surface area contributed by atoms with Crippen LogP contribution in [0, 0.1) is 0 Å². The molecule has 0 saturated heterocycles. The standard InChI is InChI=1S/C14H21N5O/c1-2-13-17-18-14(20-13)10-15-11-6-3-4-7-12(11)19-9-5-8-16-19/h5,8-9,11-12,15H,2-4,6-7,10H2,1H3/t11-,12-/m0/s1. The molecule has 0 aromatic carbocycles. The van der Waals surface area contributed by atoms with Crippen molar-refractivity contribution in [2.24, 2.45) is 0 Å². The Morgan fingerprint density at radius 2 is 2.15 bits per heavy atom. The average Bonchev–Trinajstić information content (AvgIpc) is 3.17. The van der Waals surface area contributed by atoms with Crippen LogP contribution in [0.3, 0.4) is 0 Å². The molecule has 6 heteroatoms. The molecule has 3 rings (SSSR count). The summed E-state index contributed by atoms with van der Waals surface area (Å²) in [5.74, 6) is 1.38. The first kappa shape index (κ1) is 13.3. The van der Waals surface area contributed by atoms with E-state index >= 15 is 0 Å². The summed E-state index contributed by atoms with van der Waals surface area (Å²) >= 11 is 0. The van der Waals surface area contributed by atoms with Crippen molar-refractivity contribution in [2.75, 3.05) is 0 Å². The molecule has 2 aromatic rings. The van der Waals surface area contributed by atoms with Gasteiger partial charge < -0.3 is 9.73 Å². The Labute approximate surface area is 118 Å². The second-order valence-corrected chi connectivity index (χ2v) is 5.27. The fourth-order valence-corrected chi connectivity index (χ4v) is 2.86. The van der Waals surface area contributed by atoms with Crippen molar-refractivity contribution in [3.05, 3.63) is 30.2 Å². The van der Waals surface area contributed by atoms with Crippen LogP contribution in [0.4, 0.5) is 0 Å². The summed E-state index contributed by atoms with van der Waals surface area (Å²) in [5, 5.41) is 16.0. The molecule has 1 N–H and O–H groups in total. The molecule has 2 atom stereocenters. The molecule has 2 heterocycles. The first-order valence-electron chi connectivity index (χ1n) is 7.40. The van der Waals surface area contributed by atoms with Crippen LogP contribution in [0.1, 0.15) is 50.4 Å². The molecule has 0 bridgehead atoms. The maximum Gasteiger partial charge on any atom is 0.230 e. The van der Waals surface area contributed by atoms with Gasteiger partial charge in [-0.2, -0.15) is 5.10 Å². The lowest BCUT2D eigenvalue weighted by Gasteiger charge is -2.32. The zero-order chi connectivity index (χ0) is 13.8. The van der Waals surface area contributed by atoms with E-state index in [2.05, 4.69) is 25.3 Å². The van der Waals surface area contributed by atoms with Crippen molar-refractivity contribution in [2.45, 2.75) is 57.7 Å². The molecule has 20 heavy (non-hydrogen) atoms. The van der Waals surface area contributed by atoms with Gasteiger partial charge in [0.2, 0.25) is 11.8 Å². The van der Waals surface area contributed by atoms with Gasteiger partial charge in [0.05, 0.1) is 12.6 Å². The number of rotatable bonds is 5. The number of hydrogen-bond acceptors (Lipinski definition) is 5. The van der Waals surface area contributed by atoms with E-state index in [1.165, 1.54) is 25.7 Å². The Bertz CT molecular complexity index is 521. The van der Waals surface area contributed by atoms with E-state index in [1.807, 2.05) is 25.4 Å². The highest BCUT2D eigenvalue weighted by Gasteiger charge is 2.26. The van der Waals surface area contributed by atoms with Gasteiger partial charge in [-0.05, 0) is 18.9 Å². The van der Waals surface area contributed by atoms with E-state index in [9.17, 15) is 0 Å². The molecule has 1 saturated carbocycles. The first-order valence-corrected chi connectivity index (χ1v) is 7.40. The molecule has 0 unspecified atom stereocenters. The highest BCUT2D eigenvalue weighted by molar-refractivity contribution is 4.90. The molecule has 2 aromatic heterocycles. The van der Waals surface area contributed by atoms with Gasteiger partial charge in [-0.25, -0.2) is 0 Å². The molecule has 0 aliphatic heterocycles. The van der Waals surface area contributed by atoms with Crippen LogP contribution in [0.25, 0.3) is 0 Å². The summed E-state index contributed by atoms with van der Waals surface area (Å²) in [7, 11) is 0. The highest BCUT2D eigenvalue weighted by atomic mass is 16.4. The second-order valence-electron chi connectivity index (χ2n) is 5.27. The molecular weight excluding hydrogens is 254 g/mol. The molecule has 1 fully saturated rings. The smallest absolute Gasteiger partial charge is 0.230 e. The van der Waals surface area contributed by atoms with Gasteiger partial charge in [0.1, 0.15) is 0 Å². The summed E-state index contributed by atoms with van der Waals surface area (Å²) in [6.45, 7) is 2.65. The summed E-state index contributed by atoms with van der Waals surface area (Å²) < 4.78 is 7.61. The Balaban J connectivity index is 1.62. The summed E-state index contributed by atoms with van der Waals surface area (Å²) in [4.78, 5) is 0. The first-order chi connectivity index (χ1) is 9.86. The number of hydrogen-bond donors (Lipinski definition) is 1. The summed E-state index contributed by atoms with van der Waals surface area (Å²) in [5.41, 5.74) is 0. The van der Waals surface area contributed by atoms with Crippen LogP contribution in [-0.4, -0.2) is 26.0 Å². The average molecular weight is 275 g/mol. The molecule has 108 valence electrons. The number of nitrogens with zero attached hydrogens (tertiary/aromatic N) is 4. The number of nitrogens with one attached hydrogen (secondary N) is 1. The van der Waals surface area contributed by atoms with Crippen LogP contribution < -0.4 is 5.32 Å². The topological polar surface area (TPSA) is 68.8 Å². The minimum atomic E-state index is 0.417. The molecule has 0 amide bonds. The molecule has 6 nitrogen and oxygen atoms in total. The minimum absolute atomic E-state index is 0.417. The lowest BCUT2D eigenvalue weighted by atomic mass is 9.90. The largest absolute Gasteiger partial charge is 0.424 e. The Kier molecular flexibility index (Phi) is 4.11. The maximum atomic E-state index is 5.54. The van der Waals surface area contributed by atoms with Gasteiger partial charge in [-0.15, -0.1) is 10.2 Å². The molecule has 1 aliphatic rings. The maximum absolute atomic E-state index is 5.54. The lowest BCUT2D eigenvalue weighted by molar-refractivity contribution is 0.239. The van der Waals surface area contributed by atoms with Crippen molar-refractivity contribution < 1.29 is 4.42 Å². The normalized spacial score (nSPS) is 23.1. The van der Waals surface area contributed by atoms with E-state index in [1.54, 1.807) is 0 Å². The van der Waals surface area contributed by atoms with E-state index in [0.717, 1.165) is 6.42 Å². The monoisotopic (exact) mass is 275 g/mol. The van der Waals surface area contributed by atoms with Crippen LogP contribution in [-0.2, 0) is 13.0 Å². The molecule has 0 radical (unpaired) electrons. The fourth-order valence-electron chi connectivity index (χ4n) is 2.86. The van der Waals surface area contributed by atoms with Gasteiger partial charge in [0, 0.05) is 24.9 Å². The molecular formula is C14H21N5O. The van der Waals surface area contributed by atoms with Gasteiger partial charge in [-0.1, -0.05) is 19.8 Å². The van der Waals surface area contributed by atoms with Crippen LogP contribution in [0.2, 0.25) is 0 Å². The second kappa shape index (κ2) is 6.17. The Hall–Kier alpha value is -1.69. The SMILES string of the molecule is CCc1nnc(CN[C@H]2CCCC[C@@H]2n2cccn2)o1. The van der Waals surface area contributed by atoms with Crippen LogP contribution in [0.5, 0.6) is 0 Å². The quantitative estimate of drug-likeness (QED) is 0.905. The van der Waals surface area contributed by atoms with Crippen molar-refractivity contribution in [1.29, 1.82) is 0 Å². The van der Waals surface area contributed by atoms with Gasteiger partial charge in [0.15, 0.2) is 0 Å². The minimum Gasteiger partial charge on any atom is -0.424 e. The predicted octanol–water partition coefficient (Wildman–Crippen LogP) is 2.10. The summed E-state index contributed by atoms with van der Waals surface area (Å²) in [6.07, 6.45) is 9.54. The number of aromatic nitrogens is 4. The Morgan fingerprint density at radius 1 is 1.30 bits per heavy atom. The van der Waals surface area contributed by atoms with E-state index < -0.39 is 0 Å². The number of aryl methyl sites for hydroxylation is 1. The van der Waals surface area contributed by atoms with Crippen molar-refractivity contribution >= 4 is 0 Å². The van der Waals surface area contributed by atoms with Gasteiger partial charge in [-0.3, -0.25) is 4.68 Å². The third-order valence-corrected chi connectivity index (χ3v) is 3.92. The highest BCUT2D eigenvalue weighted by Crippen LogP contribution is 2.28. The van der Waals surface area contributed by atoms with E-state index in [4.69, 9.17) is 4.42 Å². The third-order valence-electron chi connectivity index (χ3n) is 3.92. The van der Waals surface area contributed by atoms with Gasteiger partial charge >= 0.3 is 0 Å². The predicted molar refractivity (Wildman–Crippen MR) is 74.0 cm³/mol. The van der Waals surface area contributed by atoms with Crippen molar-refractivity contribution in [3.8, 4) is 0 Å². The third kappa shape index (κ3) is 2.90. The van der Waals surface area contributed by atoms with Crippen LogP contribution in [0.15, 0.2) is 22.9 Å². The lowest BCUT2D eigenvalue weighted by Crippen LogP contribution is -2.39. The Morgan fingerprint density at radius 3 is 2.90 bits per heavy atom. The van der Waals surface area contributed by atoms with E-state index in [0.29, 0.717) is 30.4 Å². The van der Waals surface area contributed by atoms with Crippen molar-refractivity contribution in [1.82, 2.24) is 25.3 Å².